The van der Waals surface area contributed by atoms with Crippen LogP contribution >= 0.6 is 24.0 Å². The summed E-state index contributed by atoms with van der Waals surface area (Å²) in [6, 6.07) is 23.6. The molecule has 0 aromatic heterocycles. The highest BCUT2D eigenvalue weighted by Gasteiger charge is 2.33. The Bertz CT molecular complexity index is 1240. The van der Waals surface area contributed by atoms with Gasteiger partial charge in [-0.25, -0.2) is 0 Å². The third kappa shape index (κ3) is 5.95. The molecule has 4 nitrogen and oxygen atoms in total. The van der Waals surface area contributed by atoms with Gasteiger partial charge in [0.1, 0.15) is 24.7 Å². The molecule has 1 atom stereocenters. The maximum atomic E-state index is 13.1. The van der Waals surface area contributed by atoms with Crippen LogP contribution in [0.15, 0.2) is 77.7 Å². The summed E-state index contributed by atoms with van der Waals surface area (Å²) in [6.45, 7) is 7.22. The lowest BCUT2D eigenvalue weighted by molar-refractivity contribution is -0.113. The van der Waals surface area contributed by atoms with Crippen molar-refractivity contribution in [2.75, 3.05) is 18.1 Å². The van der Waals surface area contributed by atoms with E-state index in [0.29, 0.717) is 34.1 Å². The summed E-state index contributed by atoms with van der Waals surface area (Å²) < 4.78 is 12.6. The average molecular weight is 504 g/mol. The van der Waals surface area contributed by atoms with Gasteiger partial charge >= 0.3 is 0 Å². The molecular weight excluding hydrogens is 474 g/mol. The number of carbonyl (C=O) groups is 1. The van der Waals surface area contributed by atoms with Crippen molar-refractivity contribution in [3.63, 3.8) is 0 Å². The fourth-order valence-corrected chi connectivity index (χ4v) is 5.09. The molecule has 6 heteroatoms. The lowest BCUT2D eigenvalue weighted by atomic mass is 9.98. The highest BCUT2D eigenvalue weighted by atomic mass is 32.2. The third-order valence-electron chi connectivity index (χ3n) is 5.95. The molecule has 1 saturated heterocycles. The van der Waals surface area contributed by atoms with Crippen LogP contribution in [-0.2, 0) is 4.79 Å². The van der Waals surface area contributed by atoms with E-state index in [1.807, 2.05) is 79.7 Å². The lowest BCUT2D eigenvalue weighted by Crippen LogP contribution is -2.27. The van der Waals surface area contributed by atoms with E-state index < -0.39 is 0 Å². The van der Waals surface area contributed by atoms with Crippen LogP contribution < -0.4 is 14.4 Å². The molecule has 1 fully saturated rings. The number of thioether (sulfide) groups is 1. The summed E-state index contributed by atoms with van der Waals surface area (Å²) in [6.07, 6.45) is 2.91. The SMILES string of the molecule is CCC(C)c1ccccc1OCCOc1ccccc1/C=C1\SC(=S)N(c2ccc(C)cc2)C1=O. The van der Waals surface area contributed by atoms with Gasteiger partial charge in [-0.15, -0.1) is 0 Å². The normalized spacial score (nSPS) is 15.5. The number of benzene rings is 3. The fourth-order valence-electron chi connectivity index (χ4n) is 3.80. The van der Waals surface area contributed by atoms with Crippen molar-refractivity contribution < 1.29 is 14.3 Å². The zero-order valence-electron chi connectivity index (χ0n) is 20.2. The van der Waals surface area contributed by atoms with Gasteiger partial charge in [0, 0.05) is 5.56 Å². The van der Waals surface area contributed by atoms with Crippen molar-refractivity contribution in [1.29, 1.82) is 0 Å². The van der Waals surface area contributed by atoms with Crippen LogP contribution in [0.5, 0.6) is 11.5 Å². The van der Waals surface area contributed by atoms with Crippen LogP contribution in [0, 0.1) is 6.92 Å². The predicted molar refractivity (Wildman–Crippen MR) is 149 cm³/mol. The third-order valence-corrected chi connectivity index (χ3v) is 7.25. The zero-order valence-corrected chi connectivity index (χ0v) is 21.8. The predicted octanol–water partition coefficient (Wildman–Crippen LogP) is 7.37. The number of thiocarbonyl (C=S) groups is 1. The average Bonchev–Trinajstić information content (AvgIpc) is 3.15. The largest absolute Gasteiger partial charge is 0.490 e. The van der Waals surface area contributed by atoms with Crippen molar-refractivity contribution in [3.8, 4) is 11.5 Å². The van der Waals surface area contributed by atoms with E-state index in [1.165, 1.54) is 17.3 Å². The van der Waals surface area contributed by atoms with Crippen LogP contribution in [0.1, 0.15) is 42.9 Å². The van der Waals surface area contributed by atoms with Gasteiger partial charge in [-0.1, -0.05) is 91.9 Å². The highest BCUT2D eigenvalue weighted by molar-refractivity contribution is 8.27. The topological polar surface area (TPSA) is 38.8 Å². The summed E-state index contributed by atoms with van der Waals surface area (Å²) in [4.78, 5) is 15.3. The summed E-state index contributed by atoms with van der Waals surface area (Å²) in [7, 11) is 0. The summed E-state index contributed by atoms with van der Waals surface area (Å²) >= 11 is 6.81. The molecule has 0 N–H and O–H groups in total. The monoisotopic (exact) mass is 503 g/mol. The van der Waals surface area contributed by atoms with Crippen molar-refractivity contribution in [3.05, 3.63) is 94.4 Å². The van der Waals surface area contributed by atoms with Gasteiger partial charge in [0.2, 0.25) is 0 Å². The van der Waals surface area contributed by atoms with E-state index in [-0.39, 0.29) is 5.91 Å². The fraction of sp³-hybridized carbons (Fsp3) is 0.241. The summed E-state index contributed by atoms with van der Waals surface area (Å²) in [5, 5.41) is 0. The van der Waals surface area contributed by atoms with E-state index in [1.54, 1.807) is 4.90 Å². The van der Waals surface area contributed by atoms with E-state index in [2.05, 4.69) is 19.9 Å². The van der Waals surface area contributed by atoms with E-state index in [0.717, 1.165) is 29.0 Å². The lowest BCUT2D eigenvalue weighted by Gasteiger charge is -2.16. The number of ether oxygens (including phenoxy) is 2. The number of hydrogen-bond donors (Lipinski definition) is 0. The first-order chi connectivity index (χ1) is 17.0. The maximum Gasteiger partial charge on any atom is 0.270 e. The molecule has 1 aliphatic rings. The molecule has 3 aromatic rings. The second-order valence-corrected chi connectivity index (χ2v) is 10.1. The molecule has 35 heavy (non-hydrogen) atoms. The Hall–Kier alpha value is -3.09. The molecule has 1 heterocycles. The van der Waals surface area contributed by atoms with Gasteiger partial charge in [0.05, 0.1) is 10.6 Å². The number of anilines is 1. The number of amides is 1. The number of hydrogen-bond acceptors (Lipinski definition) is 5. The molecule has 3 aromatic carbocycles. The number of aryl methyl sites for hydroxylation is 1. The summed E-state index contributed by atoms with van der Waals surface area (Å²) in [5.41, 5.74) is 3.96. The standard InChI is InChI=1S/C29H29NO3S2/c1-4-21(3)24-10-6-8-12-26(24)33-18-17-32-25-11-7-5-9-22(25)19-27-28(31)30(29(34)35-27)23-15-13-20(2)14-16-23/h5-16,19,21H,4,17-18H2,1-3H3/b27-19-. The first-order valence-corrected chi connectivity index (χ1v) is 13.0. The maximum absolute atomic E-state index is 13.1. The quantitative estimate of drug-likeness (QED) is 0.173. The molecule has 0 spiro atoms. The van der Waals surface area contributed by atoms with Gasteiger partial charge in [-0.2, -0.15) is 0 Å². The molecule has 4 rings (SSSR count). The van der Waals surface area contributed by atoms with Gasteiger partial charge in [0.25, 0.3) is 5.91 Å². The Morgan fingerprint density at radius 1 is 0.943 bits per heavy atom. The Morgan fingerprint density at radius 3 is 2.29 bits per heavy atom. The van der Waals surface area contributed by atoms with Gasteiger partial charge in [0.15, 0.2) is 4.32 Å². The minimum atomic E-state index is -0.122. The Balaban J connectivity index is 1.43. The smallest absolute Gasteiger partial charge is 0.270 e. The van der Waals surface area contributed by atoms with E-state index in [4.69, 9.17) is 21.7 Å². The van der Waals surface area contributed by atoms with Gasteiger partial charge in [-0.05, 0) is 55.2 Å². The Morgan fingerprint density at radius 2 is 1.57 bits per heavy atom. The van der Waals surface area contributed by atoms with Crippen molar-refractivity contribution >= 4 is 46.0 Å². The molecule has 0 bridgehead atoms. The second kappa shape index (κ2) is 11.6. The van der Waals surface area contributed by atoms with Crippen LogP contribution in [0.2, 0.25) is 0 Å². The Labute approximate surface area is 216 Å². The molecule has 1 amide bonds. The minimum absolute atomic E-state index is 0.122. The Kier molecular flexibility index (Phi) is 8.26. The van der Waals surface area contributed by atoms with Crippen molar-refractivity contribution in [2.24, 2.45) is 0 Å². The van der Waals surface area contributed by atoms with E-state index >= 15 is 0 Å². The van der Waals surface area contributed by atoms with Crippen molar-refractivity contribution in [2.45, 2.75) is 33.1 Å². The second-order valence-electron chi connectivity index (χ2n) is 8.43. The molecule has 1 unspecified atom stereocenters. The minimum Gasteiger partial charge on any atom is -0.490 e. The highest BCUT2D eigenvalue weighted by Crippen LogP contribution is 2.37. The molecule has 1 aliphatic heterocycles. The van der Waals surface area contributed by atoms with Crippen LogP contribution in [0.3, 0.4) is 0 Å². The van der Waals surface area contributed by atoms with Gasteiger partial charge < -0.3 is 9.47 Å². The molecule has 180 valence electrons. The molecule has 0 radical (unpaired) electrons. The first-order valence-electron chi connectivity index (χ1n) is 11.8. The van der Waals surface area contributed by atoms with Crippen molar-refractivity contribution in [1.82, 2.24) is 0 Å². The molecule has 0 aliphatic carbocycles. The summed E-state index contributed by atoms with van der Waals surface area (Å²) in [5.74, 6) is 1.92. The van der Waals surface area contributed by atoms with Crippen LogP contribution in [0.4, 0.5) is 5.69 Å². The number of rotatable bonds is 9. The number of nitrogens with zero attached hydrogens (tertiary/aromatic N) is 1. The van der Waals surface area contributed by atoms with Crippen LogP contribution in [0.25, 0.3) is 6.08 Å². The number of para-hydroxylation sites is 2. The van der Waals surface area contributed by atoms with E-state index in [9.17, 15) is 4.79 Å². The molecule has 0 saturated carbocycles. The van der Waals surface area contributed by atoms with Gasteiger partial charge in [-0.3, -0.25) is 9.69 Å². The first kappa shape index (κ1) is 25.0. The zero-order chi connectivity index (χ0) is 24.8. The number of carbonyl (C=O) groups excluding carboxylic acids is 1. The van der Waals surface area contributed by atoms with Crippen LogP contribution in [-0.4, -0.2) is 23.4 Å². The molecular formula is C29H29NO3S2.